The SMILES string of the molecule is Cc1cccc(C)c1NC(=O)COc1ccccc1/C=N\NC(=O)C(=O)NCc1ccco1. The number of benzene rings is 2. The number of carbonyl (C=O) groups excluding carboxylic acids is 3. The van der Waals surface area contributed by atoms with E-state index in [1.165, 1.54) is 12.5 Å². The predicted molar refractivity (Wildman–Crippen MR) is 123 cm³/mol. The van der Waals surface area contributed by atoms with E-state index in [0.29, 0.717) is 17.1 Å². The van der Waals surface area contributed by atoms with Gasteiger partial charge >= 0.3 is 11.8 Å². The number of hydrogen-bond donors (Lipinski definition) is 3. The first-order valence-corrected chi connectivity index (χ1v) is 10.2. The van der Waals surface area contributed by atoms with Crippen molar-refractivity contribution >= 4 is 29.6 Å². The Morgan fingerprint density at radius 3 is 2.45 bits per heavy atom. The van der Waals surface area contributed by atoms with Crippen molar-refractivity contribution in [1.29, 1.82) is 0 Å². The number of furan rings is 1. The molecule has 0 radical (unpaired) electrons. The highest BCUT2D eigenvalue weighted by Gasteiger charge is 2.13. The van der Waals surface area contributed by atoms with E-state index in [4.69, 9.17) is 9.15 Å². The van der Waals surface area contributed by atoms with Crippen LogP contribution in [0.3, 0.4) is 0 Å². The number of carbonyl (C=O) groups is 3. The number of aryl methyl sites for hydroxylation is 2. The van der Waals surface area contributed by atoms with Gasteiger partial charge in [-0.15, -0.1) is 0 Å². The van der Waals surface area contributed by atoms with Crippen LogP contribution >= 0.6 is 0 Å². The van der Waals surface area contributed by atoms with Crippen molar-refractivity contribution < 1.29 is 23.5 Å². The van der Waals surface area contributed by atoms with Gasteiger partial charge in [0, 0.05) is 11.3 Å². The van der Waals surface area contributed by atoms with Gasteiger partial charge in [0.1, 0.15) is 11.5 Å². The Kier molecular flexibility index (Phi) is 7.96. The molecule has 0 saturated carbocycles. The minimum atomic E-state index is -0.927. The molecule has 0 unspecified atom stereocenters. The normalized spacial score (nSPS) is 10.6. The highest BCUT2D eigenvalue weighted by molar-refractivity contribution is 6.35. The second kappa shape index (κ2) is 11.3. The largest absolute Gasteiger partial charge is 0.483 e. The molecule has 3 N–H and O–H groups in total. The molecule has 3 rings (SSSR count). The van der Waals surface area contributed by atoms with Crippen LogP contribution < -0.4 is 20.8 Å². The smallest absolute Gasteiger partial charge is 0.329 e. The number of anilines is 1. The molecule has 0 bridgehead atoms. The number of hydrazone groups is 1. The minimum absolute atomic E-state index is 0.0870. The van der Waals surface area contributed by atoms with Crippen LogP contribution in [-0.4, -0.2) is 30.5 Å². The molecule has 1 aromatic heterocycles. The Balaban J connectivity index is 1.52. The molecule has 0 aliphatic carbocycles. The number of hydrogen-bond acceptors (Lipinski definition) is 6. The Morgan fingerprint density at radius 1 is 0.970 bits per heavy atom. The summed E-state index contributed by atoms with van der Waals surface area (Å²) < 4.78 is 10.7. The molecule has 170 valence electrons. The molecule has 0 aliphatic heterocycles. The van der Waals surface area contributed by atoms with Crippen LogP contribution in [0.15, 0.2) is 70.4 Å². The van der Waals surface area contributed by atoms with Gasteiger partial charge in [-0.1, -0.05) is 30.3 Å². The van der Waals surface area contributed by atoms with Crippen molar-refractivity contribution in [2.24, 2.45) is 5.10 Å². The summed E-state index contributed by atoms with van der Waals surface area (Å²) in [6, 6.07) is 16.0. The van der Waals surface area contributed by atoms with Crippen LogP contribution in [-0.2, 0) is 20.9 Å². The van der Waals surface area contributed by atoms with E-state index in [1.54, 1.807) is 36.4 Å². The van der Waals surface area contributed by atoms with Crippen molar-refractivity contribution in [3.63, 3.8) is 0 Å². The molecule has 1 heterocycles. The van der Waals surface area contributed by atoms with Crippen LogP contribution in [0.2, 0.25) is 0 Å². The second-order valence-electron chi connectivity index (χ2n) is 7.10. The highest BCUT2D eigenvalue weighted by atomic mass is 16.5. The monoisotopic (exact) mass is 448 g/mol. The molecule has 3 amide bonds. The summed E-state index contributed by atoms with van der Waals surface area (Å²) in [6.07, 6.45) is 2.80. The lowest BCUT2D eigenvalue weighted by Crippen LogP contribution is -2.37. The van der Waals surface area contributed by atoms with Gasteiger partial charge in [0.2, 0.25) is 0 Å². The van der Waals surface area contributed by atoms with E-state index >= 15 is 0 Å². The maximum absolute atomic E-state index is 12.3. The molecule has 9 nitrogen and oxygen atoms in total. The standard InChI is InChI=1S/C24H24N4O5/c1-16-7-5-8-17(2)22(16)27-21(29)15-33-20-11-4-3-9-18(20)13-26-28-24(31)23(30)25-14-19-10-6-12-32-19/h3-13H,14-15H2,1-2H3,(H,25,30)(H,27,29)(H,28,31)/b26-13-. The number of amides is 3. The Bertz CT molecular complexity index is 1140. The van der Waals surface area contributed by atoms with Gasteiger partial charge in [-0.3, -0.25) is 14.4 Å². The van der Waals surface area contributed by atoms with E-state index in [-0.39, 0.29) is 19.1 Å². The summed E-state index contributed by atoms with van der Waals surface area (Å²) in [6.45, 7) is 3.71. The van der Waals surface area contributed by atoms with Crippen LogP contribution in [0.5, 0.6) is 5.75 Å². The molecule has 3 aromatic rings. The lowest BCUT2D eigenvalue weighted by Gasteiger charge is -2.13. The van der Waals surface area contributed by atoms with Crippen molar-refractivity contribution in [2.45, 2.75) is 20.4 Å². The summed E-state index contributed by atoms with van der Waals surface area (Å²) in [5.41, 5.74) is 5.35. The number of para-hydroxylation sites is 2. The molecule has 9 heteroatoms. The number of ether oxygens (including phenoxy) is 1. The molecular weight excluding hydrogens is 424 g/mol. The van der Waals surface area contributed by atoms with Gasteiger partial charge in [-0.05, 0) is 49.2 Å². The van der Waals surface area contributed by atoms with Crippen LogP contribution in [0.1, 0.15) is 22.5 Å². The third-order valence-electron chi connectivity index (χ3n) is 4.60. The van der Waals surface area contributed by atoms with Crippen LogP contribution in [0, 0.1) is 13.8 Å². The Labute approximate surface area is 190 Å². The fourth-order valence-corrected chi connectivity index (χ4v) is 2.92. The summed E-state index contributed by atoms with van der Waals surface area (Å²) in [7, 11) is 0. The van der Waals surface area contributed by atoms with E-state index in [2.05, 4.69) is 21.2 Å². The lowest BCUT2D eigenvalue weighted by atomic mass is 10.1. The number of rotatable bonds is 8. The zero-order valence-corrected chi connectivity index (χ0v) is 18.3. The van der Waals surface area contributed by atoms with Gasteiger partial charge in [-0.2, -0.15) is 5.10 Å². The van der Waals surface area contributed by atoms with Crippen molar-refractivity contribution in [2.75, 3.05) is 11.9 Å². The molecular formula is C24H24N4O5. The van der Waals surface area contributed by atoms with Gasteiger partial charge < -0.3 is 19.8 Å². The third-order valence-corrected chi connectivity index (χ3v) is 4.60. The van der Waals surface area contributed by atoms with Gasteiger partial charge in [0.15, 0.2) is 6.61 Å². The average Bonchev–Trinajstić information content (AvgIpc) is 3.33. The summed E-state index contributed by atoms with van der Waals surface area (Å²) in [5.74, 6) is -1.16. The van der Waals surface area contributed by atoms with Crippen molar-refractivity contribution in [3.05, 3.63) is 83.3 Å². The fourth-order valence-electron chi connectivity index (χ4n) is 2.92. The number of nitrogens with zero attached hydrogens (tertiary/aromatic N) is 1. The molecule has 0 spiro atoms. The molecule has 0 atom stereocenters. The zero-order chi connectivity index (χ0) is 23.6. The van der Waals surface area contributed by atoms with Crippen molar-refractivity contribution in [3.8, 4) is 5.75 Å². The quantitative estimate of drug-likeness (QED) is 0.278. The van der Waals surface area contributed by atoms with E-state index in [1.807, 2.05) is 32.0 Å². The van der Waals surface area contributed by atoms with Crippen molar-refractivity contribution in [1.82, 2.24) is 10.7 Å². The summed E-state index contributed by atoms with van der Waals surface area (Å²) in [4.78, 5) is 36.0. The maximum Gasteiger partial charge on any atom is 0.329 e. The van der Waals surface area contributed by atoms with E-state index in [0.717, 1.165) is 16.8 Å². The van der Waals surface area contributed by atoms with Gasteiger partial charge in [-0.25, -0.2) is 5.43 Å². The zero-order valence-electron chi connectivity index (χ0n) is 18.3. The molecule has 0 aliphatic rings. The Morgan fingerprint density at radius 2 is 1.73 bits per heavy atom. The molecule has 2 aromatic carbocycles. The van der Waals surface area contributed by atoms with Gasteiger partial charge in [0.25, 0.3) is 5.91 Å². The van der Waals surface area contributed by atoms with E-state index in [9.17, 15) is 14.4 Å². The predicted octanol–water partition coefficient (Wildman–Crippen LogP) is 2.68. The maximum atomic E-state index is 12.3. The fraction of sp³-hybridized carbons (Fsp3) is 0.167. The average molecular weight is 448 g/mol. The third kappa shape index (κ3) is 6.79. The first-order valence-electron chi connectivity index (χ1n) is 10.2. The minimum Gasteiger partial charge on any atom is -0.483 e. The molecule has 33 heavy (non-hydrogen) atoms. The lowest BCUT2D eigenvalue weighted by molar-refractivity contribution is -0.139. The van der Waals surface area contributed by atoms with Crippen LogP contribution in [0.4, 0.5) is 5.69 Å². The van der Waals surface area contributed by atoms with Crippen LogP contribution in [0.25, 0.3) is 0 Å². The number of nitrogens with one attached hydrogen (secondary N) is 3. The Hall–Kier alpha value is -4.40. The summed E-state index contributed by atoms with van der Waals surface area (Å²) >= 11 is 0. The first-order chi connectivity index (χ1) is 15.9. The first kappa shape index (κ1) is 23.3. The topological polar surface area (TPSA) is 122 Å². The summed E-state index contributed by atoms with van der Waals surface area (Å²) in [5, 5.41) is 9.07. The van der Waals surface area contributed by atoms with E-state index < -0.39 is 11.8 Å². The second-order valence-corrected chi connectivity index (χ2v) is 7.10. The molecule has 0 saturated heterocycles. The molecule has 0 fully saturated rings. The van der Waals surface area contributed by atoms with Gasteiger partial charge in [0.05, 0.1) is 19.0 Å². The highest BCUT2D eigenvalue weighted by Crippen LogP contribution is 2.20.